The number of hydrogen-bond donors (Lipinski definition) is 2. The highest BCUT2D eigenvalue weighted by Crippen LogP contribution is 2.17. The number of carbonyl (C=O) groups excluding carboxylic acids is 1. The lowest BCUT2D eigenvalue weighted by molar-refractivity contribution is 0.0868. The van der Waals surface area contributed by atoms with Crippen molar-refractivity contribution in [1.29, 1.82) is 0 Å². The van der Waals surface area contributed by atoms with Gasteiger partial charge >= 0.3 is 0 Å². The maximum Gasteiger partial charge on any atom is 0.251 e. The first-order chi connectivity index (χ1) is 13.1. The Bertz CT molecular complexity index is 737. The third-order valence-corrected chi connectivity index (χ3v) is 5.25. The van der Waals surface area contributed by atoms with Gasteiger partial charge in [0, 0.05) is 37.3 Å². The summed E-state index contributed by atoms with van der Waals surface area (Å²) in [6.45, 7) is 4.72. The number of aliphatic hydroxyl groups excluding tert-OH is 1. The Morgan fingerprint density at radius 2 is 2.07 bits per heavy atom. The summed E-state index contributed by atoms with van der Waals surface area (Å²) in [5, 5.41) is 16.8. The molecule has 2 heterocycles. The minimum absolute atomic E-state index is 0.0657. The summed E-state index contributed by atoms with van der Waals surface area (Å²) in [5.41, 5.74) is 1.54. The standard InChI is InChI=1S/C20H29N5O2/c1-15-22-19(23-24(15)2)16-7-9-17(10-8-16)20(27)21-11-5-13-25-12-4-3-6-18(25)14-26/h7-10,18,26H,3-6,11-14H2,1-2H3,(H,21,27). The predicted molar refractivity (Wildman–Crippen MR) is 104 cm³/mol. The maximum atomic E-state index is 12.3. The average molecular weight is 371 g/mol. The van der Waals surface area contributed by atoms with E-state index >= 15 is 0 Å². The molecule has 2 N–H and O–H groups in total. The molecule has 0 radical (unpaired) electrons. The Morgan fingerprint density at radius 1 is 1.30 bits per heavy atom. The van der Waals surface area contributed by atoms with Crippen molar-refractivity contribution in [3.8, 4) is 11.4 Å². The number of aromatic nitrogens is 3. The van der Waals surface area contributed by atoms with Crippen LogP contribution in [0.3, 0.4) is 0 Å². The number of hydrogen-bond acceptors (Lipinski definition) is 5. The van der Waals surface area contributed by atoms with Crippen molar-refractivity contribution in [2.24, 2.45) is 7.05 Å². The van der Waals surface area contributed by atoms with Gasteiger partial charge in [-0.1, -0.05) is 18.6 Å². The molecule has 1 aliphatic heterocycles. The molecule has 27 heavy (non-hydrogen) atoms. The van der Waals surface area contributed by atoms with E-state index in [2.05, 4.69) is 20.3 Å². The average Bonchev–Trinajstić information content (AvgIpc) is 3.04. The highest BCUT2D eigenvalue weighted by atomic mass is 16.3. The lowest BCUT2D eigenvalue weighted by Gasteiger charge is -2.34. The molecule has 3 rings (SSSR count). The van der Waals surface area contributed by atoms with E-state index in [9.17, 15) is 9.90 Å². The number of piperidine rings is 1. The minimum Gasteiger partial charge on any atom is -0.395 e. The van der Waals surface area contributed by atoms with Crippen molar-refractivity contribution < 1.29 is 9.90 Å². The molecular formula is C20H29N5O2. The summed E-state index contributed by atoms with van der Waals surface area (Å²) in [4.78, 5) is 19.1. The maximum absolute atomic E-state index is 12.3. The Labute approximate surface area is 160 Å². The summed E-state index contributed by atoms with van der Waals surface area (Å²) in [7, 11) is 1.86. The number of likely N-dealkylation sites (tertiary alicyclic amines) is 1. The largest absolute Gasteiger partial charge is 0.395 e. The molecule has 0 saturated carbocycles. The smallest absolute Gasteiger partial charge is 0.251 e. The molecule has 1 aliphatic rings. The van der Waals surface area contributed by atoms with Gasteiger partial charge in [0.1, 0.15) is 5.82 Å². The van der Waals surface area contributed by atoms with E-state index in [0.717, 1.165) is 37.3 Å². The Kier molecular flexibility index (Phi) is 6.58. The summed E-state index contributed by atoms with van der Waals surface area (Å²) < 4.78 is 1.74. The van der Waals surface area contributed by atoms with Gasteiger partial charge in [-0.25, -0.2) is 4.98 Å². The number of nitrogens with one attached hydrogen (secondary N) is 1. The van der Waals surface area contributed by atoms with Gasteiger partial charge < -0.3 is 10.4 Å². The monoisotopic (exact) mass is 371 g/mol. The van der Waals surface area contributed by atoms with Gasteiger partial charge in [-0.05, 0) is 44.9 Å². The molecule has 0 bridgehead atoms. The van der Waals surface area contributed by atoms with E-state index in [0.29, 0.717) is 17.9 Å². The van der Waals surface area contributed by atoms with Crippen molar-refractivity contribution in [2.75, 3.05) is 26.2 Å². The fraction of sp³-hybridized carbons (Fsp3) is 0.550. The minimum atomic E-state index is -0.0657. The van der Waals surface area contributed by atoms with Crippen LogP contribution < -0.4 is 5.32 Å². The second-order valence-electron chi connectivity index (χ2n) is 7.16. The van der Waals surface area contributed by atoms with E-state index in [1.165, 1.54) is 12.8 Å². The zero-order chi connectivity index (χ0) is 19.2. The van der Waals surface area contributed by atoms with Crippen LogP contribution in [-0.2, 0) is 7.05 Å². The molecular weight excluding hydrogens is 342 g/mol. The van der Waals surface area contributed by atoms with Crippen LogP contribution in [0.2, 0.25) is 0 Å². The highest BCUT2D eigenvalue weighted by molar-refractivity contribution is 5.94. The number of nitrogens with zero attached hydrogens (tertiary/aromatic N) is 4. The number of amides is 1. The molecule has 1 amide bonds. The van der Waals surface area contributed by atoms with Crippen LogP contribution >= 0.6 is 0 Å². The van der Waals surface area contributed by atoms with Crippen LogP contribution in [0.4, 0.5) is 0 Å². The molecule has 1 aromatic carbocycles. The first kappa shape index (κ1) is 19.5. The van der Waals surface area contributed by atoms with Crippen molar-refractivity contribution >= 4 is 5.91 Å². The molecule has 1 unspecified atom stereocenters. The van der Waals surface area contributed by atoms with Crippen molar-refractivity contribution in [2.45, 2.75) is 38.6 Å². The fourth-order valence-corrected chi connectivity index (χ4v) is 3.50. The first-order valence-corrected chi connectivity index (χ1v) is 9.69. The molecule has 1 fully saturated rings. The number of benzene rings is 1. The van der Waals surface area contributed by atoms with Crippen LogP contribution in [0.15, 0.2) is 24.3 Å². The van der Waals surface area contributed by atoms with E-state index in [4.69, 9.17) is 0 Å². The molecule has 0 aliphatic carbocycles. The third-order valence-electron chi connectivity index (χ3n) is 5.25. The normalized spacial score (nSPS) is 17.8. The van der Waals surface area contributed by atoms with Gasteiger partial charge in [-0.2, -0.15) is 5.10 Å². The quantitative estimate of drug-likeness (QED) is 0.725. The lowest BCUT2D eigenvalue weighted by atomic mass is 10.0. The number of aliphatic hydroxyl groups is 1. The number of aryl methyl sites for hydroxylation is 2. The lowest BCUT2D eigenvalue weighted by Crippen LogP contribution is -2.43. The van der Waals surface area contributed by atoms with Gasteiger partial charge in [0.2, 0.25) is 0 Å². The molecule has 7 nitrogen and oxygen atoms in total. The van der Waals surface area contributed by atoms with Crippen LogP contribution in [0.1, 0.15) is 41.9 Å². The predicted octanol–water partition coefficient (Wildman–Crippen LogP) is 1.76. The first-order valence-electron chi connectivity index (χ1n) is 9.69. The van der Waals surface area contributed by atoms with Gasteiger partial charge in [-0.3, -0.25) is 14.4 Å². The van der Waals surface area contributed by atoms with Gasteiger partial charge in [0.05, 0.1) is 6.61 Å². The number of carbonyl (C=O) groups is 1. The van der Waals surface area contributed by atoms with Crippen LogP contribution in [0.25, 0.3) is 11.4 Å². The van der Waals surface area contributed by atoms with E-state index < -0.39 is 0 Å². The van der Waals surface area contributed by atoms with Crippen LogP contribution in [0, 0.1) is 6.92 Å². The molecule has 1 aromatic heterocycles. The third kappa shape index (κ3) is 4.93. The summed E-state index contributed by atoms with van der Waals surface area (Å²) in [6.07, 6.45) is 4.35. The molecule has 7 heteroatoms. The molecule has 1 atom stereocenters. The second kappa shape index (κ2) is 9.10. The van der Waals surface area contributed by atoms with Crippen LogP contribution in [-0.4, -0.2) is 63.0 Å². The number of rotatable bonds is 7. The molecule has 2 aromatic rings. The van der Waals surface area contributed by atoms with E-state index in [-0.39, 0.29) is 18.6 Å². The highest BCUT2D eigenvalue weighted by Gasteiger charge is 2.20. The van der Waals surface area contributed by atoms with Crippen molar-refractivity contribution in [3.63, 3.8) is 0 Å². The van der Waals surface area contributed by atoms with Gasteiger partial charge in [0.25, 0.3) is 5.91 Å². The van der Waals surface area contributed by atoms with E-state index in [1.54, 1.807) is 4.68 Å². The van der Waals surface area contributed by atoms with Crippen molar-refractivity contribution in [1.82, 2.24) is 25.0 Å². The zero-order valence-electron chi connectivity index (χ0n) is 16.2. The van der Waals surface area contributed by atoms with Gasteiger partial charge in [0.15, 0.2) is 5.82 Å². The topological polar surface area (TPSA) is 83.3 Å². The Hall–Kier alpha value is -2.25. The fourth-order valence-electron chi connectivity index (χ4n) is 3.50. The molecule has 1 saturated heterocycles. The summed E-state index contributed by atoms with van der Waals surface area (Å²) in [6, 6.07) is 7.66. The summed E-state index contributed by atoms with van der Waals surface area (Å²) >= 11 is 0. The second-order valence-corrected chi connectivity index (χ2v) is 7.16. The van der Waals surface area contributed by atoms with E-state index in [1.807, 2.05) is 38.2 Å². The summed E-state index contributed by atoms with van der Waals surface area (Å²) in [5.74, 6) is 1.45. The van der Waals surface area contributed by atoms with Crippen LogP contribution in [0.5, 0.6) is 0 Å². The molecule has 0 spiro atoms. The Balaban J connectivity index is 1.47. The zero-order valence-corrected chi connectivity index (χ0v) is 16.2. The molecule has 146 valence electrons. The van der Waals surface area contributed by atoms with Gasteiger partial charge in [-0.15, -0.1) is 0 Å². The SMILES string of the molecule is Cc1nc(-c2ccc(C(=O)NCCCN3CCCCC3CO)cc2)nn1C. The van der Waals surface area contributed by atoms with Crippen molar-refractivity contribution in [3.05, 3.63) is 35.7 Å². The Morgan fingerprint density at radius 3 is 2.74 bits per heavy atom.